The van der Waals surface area contributed by atoms with Crippen LogP contribution < -0.4 is 0 Å². The van der Waals surface area contributed by atoms with Crippen molar-refractivity contribution in [1.29, 1.82) is 0 Å². The second kappa shape index (κ2) is 7.98. The van der Waals surface area contributed by atoms with E-state index in [4.69, 9.17) is 11.6 Å². The minimum Gasteiger partial charge on any atom is -0.508 e. The third-order valence-corrected chi connectivity index (χ3v) is 3.50. The summed E-state index contributed by atoms with van der Waals surface area (Å²) >= 11 is 5.69. The van der Waals surface area contributed by atoms with Crippen molar-refractivity contribution in [2.45, 2.75) is 19.2 Å². The van der Waals surface area contributed by atoms with Crippen LogP contribution >= 0.6 is 11.6 Å². The number of benzene rings is 1. The number of rotatable bonds is 7. The first-order valence-electron chi connectivity index (χ1n) is 6.82. The second-order valence-electron chi connectivity index (χ2n) is 4.93. The lowest BCUT2D eigenvalue weighted by Crippen LogP contribution is -2.32. The zero-order valence-electron chi connectivity index (χ0n) is 11.7. The zero-order valence-corrected chi connectivity index (χ0v) is 12.4. The summed E-state index contributed by atoms with van der Waals surface area (Å²) in [6.45, 7) is 1.54. The Hall–Kier alpha value is -1.62. The Labute approximate surface area is 129 Å². The van der Waals surface area contributed by atoms with E-state index in [1.54, 1.807) is 18.3 Å². The highest BCUT2D eigenvalue weighted by Crippen LogP contribution is 2.19. The summed E-state index contributed by atoms with van der Waals surface area (Å²) in [7, 11) is 0. The normalized spacial score (nSPS) is 12.5. The van der Waals surface area contributed by atoms with Crippen LogP contribution in [0.2, 0.25) is 0 Å². The first-order chi connectivity index (χ1) is 10.2. The number of aromatic hydroxyl groups is 1. The molecule has 5 heteroatoms. The molecule has 2 N–H and O–H groups in total. The van der Waals surface area contributed by atoms with Crippen LogP contribution in [0.25, 0.3) is 0 Å². The summed E-state index contributed by atoms with van der Waals surface area (Å²) in [5.41, 5.74) is 1.73. The number of pyridine rings is 1. The molecule has 1 aromatic carbocycles. The van der Waals surface area contributed by atoms with Gasteiger partial charge in [0.1, 0.15) is 5.75 Å². The van der Waals surface area contributed by atoms with Crippen molar-refractivity contribution in [2.75, 3.05) is 12.4 Å². The molecule has 112 valence electrons. The zero-order chi connectivity index (χ0) is 15.1. The molecule has 4 nitrogen and oxygen atoms in total. The van der Waals surface area contributed by atoms with E-state index in [0.29, 0.717) is 19.6 Å². The predicted octanol–water partition coefficient (Wildman–Crippen LogP) is 2.39. The van der Waals surface area contributed by atoms with Crippen molar-refractivity contribution in [1.82, 2.24) is 9.88 Å². The Morgan fingerprint density at radius 1 is 1.10 bits per heavy atom. The van der Waals surface area contributed by atoms with Crippen LogP contribution in [0.15, 0.2) is 48.7 Å². The molecule has 1 heterocycles. The minimum absolute atomic E-state index is 0.180. The van der Waals surface area contributed by atoms with E-state index in [0.717, 1.165) is 11.3 Å². The van der Waals surface area contributed by atoms with Gasteiger partial charge in [0.2, 0.25) is 0 Å². The summed E-state index contributed by atoms with van der Waals surface area (Å²) in [5.74, 6) is 0.434. The molecule has 0 aliphatic carbocycles. The molecule has 0 saturated carbocycles. The van der Waals surface area contributed by atoms with Crippen LogP contribution in [-0.2, 0) is 13.1 Å². The van der Waals surface area contributed by atoms with Crippen LogP contribution in [0.4, 0.5) is 0 Å². The molecule has 21 heavy (non-hydrogen) atoms. The number of aliphatic hydroxyl groups is 1. The van der Waals surface area contributed by atoms with E-state index in [9.17, 15) is 10.2 Å². The van der Waals surface area contributed by atoms with Crippen LogP contribution in [0.3, 0.4) is 0 Å². The third-order valence-electron chi connectivity index (χ3n) is 3.14. The van der Waals surface area contributed by atoms with Crippen LogP contribution in [0.1, 0.15) is 11.3 Å². The highest BCUT2D eigenvalue weighted by Gasteiger charge is 2.14. The molecule has 0 unspecified atom stereocenters. The van der Waals surface area contributed by atoms with Gasteiger partial charge in [-0.25, -0.2) is 0 Å². The summed E-state index contributed by atoms with van der Waals surface area (Å²) in [6, 6.07) is 12.9. The fourth-order valence-corrected chi connectivity index (χ4v) is 2.24. The summed E-state index contributed by atoms with van der Waals surface area (Å²) in [4.78, 5) is 6.32. The highest BCUT2D eigenvalue weighted by atomic mass is 35.5. The van der Waals surface area contributed by atoms with E-state index in [1.165, 1.54) is 0 Å². The standard InChI is InChI=1S/C16H19ClN2O2/c17-9-15(20)12-19(11-14-6-3-4-8-18-14)10-13-5-1-2-7-16(13)21/h1-8,15,20-21H,9-12H2/t15-/m1/s1. The second-order valence-corrected chi connectivity index (χ2v) is 5.24. The average Bonchev–Trinajstić information content (AvgIpc) is 2.50. The smallest absolute Gasteiger partial charge is 0.120 e. The van der Waals surface area contributed by atoms with Crippen LogP contribution in [0.5, 0.6) is 5.75 Å². The molecule has 0 aliphatic heterocycles. The number of phenols is 1. The summed E-state index contributed by atoms with van der Waals surface area (Å²) in [6.07, 6.45) is 1.13. The van der Waals surface area contributed by atoms with Crippen molar-refractivity contribution < 1.29 is 10.2 Å². The molecule has 2 rings (SSSR count). The number of hydrogen-bond donors (Lipinski definition) is 2. The number of phenolic OH excluding ortho intramolecular Hbond substituents is 1. The molecular weight excluding hydrogens is 288 g/mol. The Morgan fingerprint density at radius 2 is 1.86 bits per heavy atom. The van der Waals surface area contributed by atoms with E-state index in [2.05, 4.69) is 4.98 Å². The molecule has 0 aliphatic rings. The van der Waals surface area contributed by atoms with E-state index >= 15 is 0 Å². The van der Waals surface area contributed by atoms with Gasteiger partial charge in [0.25, 0.3) is 0 Å². The minimum atomic E-state index is -0.610. The van der Waals surface area contributed by atoms with Crippen molar-refractivity contribution in [3.63, 3.8) is 0 Å². The number of alkyl halides is 1. The fraction of sp³-hybridized carbons (Fsp3) is 0.312. The number of nitrogens with zero attached hydrogens (tertiary/aromatic N) is 2. The highest BCUT2D eigenvalue weighted by molar-refractivity contribution is 6.18. The van der Waals surface area contributed by atoms with Crippen molar-refractivity contribution in [3.8, 4) is 5.75 Å². The predicted molar refractivity (Wildman–Crippen MR) is 83.2 cm³/mol. The lowest BCUT2D eigenvalue weighted by atomic mass is 10.1. The van der Waals surface area contributed by atoms with Gasteiger partial charge in [0.15, 0.2) is 0 Å². The van der Waals surface area contributed by atoms with Crippen molar-refractivity contribution >= 4 is 11.6 Å². The van der Waals surface area contributed by atoms with E-state index < -0.39 is 6.10 Å². The molecule has 0 radical (unpaired) electrons. The molecule has 0 fully saturated rings. The van der Waals surface area contributed by atoms with Gasteiger partial charge in [-0.2, -0.15) is 0 Å². The third kappa shape index (κ3) is 5.01. The van der Waals surface area contributed by atoms with Gasteiger partial charge in [-0.15, -0.1) is 11.6 Å². The molecule has 0 saturated heterocycles. The summed E-state index contributed by atoms with van der Waals surface area (Å²) in [5, 5.41) is 19.7. The largest absolute Gasteiger partial charge is 0.508 e. The van der Waals surface area contributed by atoms with E-state index in [1.807, 2.05) is 35.2 Å². The maximum Gasteiger partial charge on any atom is 0.120 e. The molecule has 0 spiro atoms. The van der Waals surface area contributed by atoms with Gasteiger partial charge in [-0.1, -0.05) is 24.3 Å². The lowest BCUT2D eigenvalue weighted by Gasteiger charge is -2.24. The Kier molecular flexibility index (Phi) is 5.99. The number of para-hydroxylation sites is 1. The lowest BCUT2D eigenvalue weighted by molar-refractivity contribution is 0.119. The molecule has 0 amide bonds. The van der Waals surface area contributed by atoms with Crippen LogP contribution in [-0.4, -0.2) is 38.6 Å². The van der Waals surface area contributed by atoms with Gasteiger partial charge in [0.05, 0.1) is 11.8 Å². The SMILES string of the molecule is Oc1ccccc1CN(Cc1ccccn1)C[C@H](O)CCl. The number of hydrogen-bond acceptors (Lipinski definition) is 4. The number of aromatic nitrogens is 1. The maximum atomic E-state index is 9.89. The fourth-order valence-electron chi connectivity index (χ4n) is 2.14. The molecule has 1 atom stereocenters. The van der Waals surface area contributed by atoms with Gasteiger partial charge >= 0.3 is 0 Å². The quantitative estimate of drug-likeness (QED) is 0.771. The summed E-state index contributed by atoms with van der Waals surface area (Å²) < 4.78 is 0. The first kappa shape index (κ1) is 15.8. The maximum absolute atomic E-state index is 9.89. The number of halogens is 1. The topological polar surface area (TPSA) is 56.6 Å². The van der Waals surface area contributed by atoms with Crippen molar-refractivity contribution in [3.05, 3.63) is 59.9 Å². The molecule has 0 bridgehead atoms. The number of aliphatic hydroxyl groups excluding tert-OH is 1. The Bertz CT molecular complexity index is 551. The first-order valence-corrected chi connectivity index (χ1v) is 7.35. The Balaban J connectivity index is 2.10. The van der Waals surface area contributed by atoms with Gasteiger partial charge in [-0.3, -0.25) is 9.88 Å². The van der Waals surface area contributed by atoms with Gasteiger partial charge in [-0.05, 0) is 18.2 Å². The van der Waals surface area contributed by atoms with Crippen molar-refractivity contribution in [2.24, 2.45) is 0 Å². The Morgan fingerprint density at radius 3 is 2.52 bits per heavy atom. The monoisotopic (exact) mass is 306 g/mol. The van der Waals surface area contributed by atoms with Crippen LogP contribution in [0, 0.1) is 0 Å². The average molecular weight is 307 g/mol. The van der Waals surface area contributed by atoms with Gasteiger partial charge < -0.3 is 10.2 Å². The molecular formula is C16H19ClN2O2. The molecule has 2 aromatic rings. The van der Waals surface area contributed by atoms with Gasteiger partial charge in [0, 0.05) is 37.3 Å². The molecule has 1 aromatic heterocycles. The van der Waals surface area contributed by atoms with E-state index in [-0.39, 0.29) is 11.6 Å².